The first-order valence-electron chi connectivity index (χ1n) is 15.3. The standard InChI is InChI=1S/C23H27NO2P.C17H14P.Fe/c1-18(24(2)19(16-25)17-26)22-14-9-15-23(22)27(20-10-5-3-6-11-20)21-12-7-4-8-13-21;1-3-9-15(10-4-1)18(17-13-7-8-14-17)16-11-5-2-6-12-16;/h3-15,18-19,25-26H,16-17H2,1-2H3;1-14H;/t18-;;/m0../s1. The third-order valence-corrected chi connectivity index (χ3v) is 13.0. The van der Waals surface area contributed by atoms with Crippen LogP contribution in [-0.4, -0.2) is 47.5 Å². The Kier molecular flexibility index (Phi) is 15.4. The predicted octanol–water partition coefficient (Wildman–Crippen LogP) is 6.01. The van der Waals surface area contributed by atoms with Crippen molar-refractivity contribution >= 4 is 37.1 Å². The van der Waals surface area contributed by atoms with E-state index in [0.29, 0.717) is 0 Å². The minimum atomic E-state index is -0.666. The van der Waals surface area contributed by atoms with Gasteiger partial charge in [-0.05, 0) is 96.0 Å². The van der Waals surface area contributed by atoms with Gasteiger partial charge in [0.1, 0.15) is 0 Å². The molecule has 46 heavy (non-hydrogen) atoms. The van der Waals surface area contributed by atoms with Gasteiger partial charge in [-0.25, -0.2) is 0 Å². The Balaban J connectivity index is 0.000000220. The van der Waals surface area contributed by atoms with Crippen molar-refractivity contribution in [2.75, 3.05) is 20.3 Å². The second-order valence-corrected chi connectivity index (χ2v) is 15.3. The molecule has 2 aliphatic carbocycles. The van der Waals surface area contributed by atoms with Crippen molar-refractivity contribution in [1.29, 1.82) is 0 Å². The van der Waals surface area contributed by atoms with E-state index in [1.54, 1.807) is 0 Å². The van der Waals surface area contributed by atoms with Crippen molar-refractivity contribution in [1.82, 2.24) is 4.90 Å². The van der Waals surface area contributed by atoms with Crippen LogP contribution in [0.2, 0.25) is 0 Å². The molecule has 3 nitrogen and oxygen atoms in total. The number of nitrogens with zero attached hydrogens (tertiary/aromatic N) is 1. The van der Waals surface area contributed by atoms with E-state index in [1.807, 2.05) is 7.05 Å². The van der Waals surface area contributed by atoms with E-state index in [0.717, 1.165) is 0 Å². The maximum absolute atomic E-state index is 9.58. The molecular weight excluding hydrogens is 644 g/mol. The fraction of sp³-hybridized carbons (Fsp3) is 0.150. The summed E-state index contributed by atoms with van der Waals surface area (Å²) >= 11 is 0. The second-order valence-electron chi connectivity index (χ2n) is 10.9. The molecule has 0 bridgehead atoms. The molecule has 4 aromatic carbocycles. The van der Waals surface area contributed by atoms with Gasteiger partial charge < -0.3 is 10.2 Å². The van der Waals surface area contributed by atoms with Gasteiger partial charge in [-0.3, -0.25) is 4.90 Å². The number of aliphatic hydroxyl groups excluding tert-OH is 2. The first-order valence-corrected chi connectivity index (χ1v) is 18.0. The maximum Gasteiger partial charge on any atom is 0.0609 e. The number of hydrogen-bond acceptors (Lipinski definition) is 3. The average molecular weight is 686 g/mol. The van der Waals surface area contributed by atoms with E-state index < -0.39 is 15.8 Å². The van der Waals surface area contributed by atoms with Crippen LogP contribution in [0.5, 0.6) is 0 Å². The molecule has 2 N–H and O–H groups in total. The molecule has 0 heterocycles. The number of hydrogen-bond donors (Lipinski definition) is 2. The van der Waals surface area contributed by atoms with E-state index in [9.17, 15) is 10.2 Å². The molecule has 6 rings (SSSR count). The number of rotatable bonds is 11. The second kappa shape index (κ2) is 19.2. The smallest absolute Gasteiger partial charge is 0.0609 e. The SMILES string of the molecule is C[C@@H]([C]1[CH][CH][CH][C]1P(c1ccccc1)c1ccccc1)N(C)C(CO)CO.[CH]1[CH][CH][C](P(c2ccccc2)c2ccccc2)[CH]1.[Fe]. The van der Waals surface area contributed by atoms with E-state index in [2.05, 4.69) is 178 Å². The molecule has 0 aromatic heterocycles. The van der Waals surface area contributed by atoms with E-state index >= 15 is 0 Å². The summed E-state index contributed by atoms with van der Waals surface area (Å²) in [5.41, 5.74) is 2.75. The molecule has 10 radical (unpaired) electrons. The molecule has 0 unspecified atom stereocenters. The van der Waals surface area contributed by atoms with Crippen LogP contribution in [0, 0.1) is 62.2 Å². The molecule has 4 aromatic rings. The molecule has 236 valence electrons. The van der Waals surface area contributed by atoms with Crippen molar-refractivity contribution in [3.63, 3.8) is 0 Å². The van der Waals surface area contributed by atoms with Gasteiger partial charge in [0.05, 0.1) is 19.3 Å². The fourth-order valence-electron chi connectivity index (χ4n) is 5.53. The zero-order valence-electron chi connectivity index (χ0n) is 26.2. The molecule has 6 heteroatoms. The minimum Gasteiger partial charge on any atom is -0.395 e. The van der Waals surface area contributed by atoms with Gasteiger partial charge in [0.15, 0.2) is 0 Å². The van der Waals surface area contributed by atoms with Crippen molar-refractivity contribution in [3.05, 3.63) is 184 Å². The molecule has 0 spiro atoms. The molecule has 2 fully saturated rings. The zero-order chi connectivity index (χ0) is 31.4. The Morgan fingerprint density at radius 2 is 0.935 bits per heavy atom. The van der Waals surface area contributed by atoms with E-state index in [4.69, 9.17) is 0 Å². The Morgan fingerprint density at radius 1 is 0.543 bits per heavy atom. The van der Waals surface area contributed by atoms with Crippen LogP contribution in [0.1, 0.15) is 6.92 Å². The Hall–Kier alpha value is -1.86. The number of likely N-dealkylation sites (N-methyl/N-ethyl adjacent to an activating group) is 1. The summed E-state index contributed by atoms with van der Waals surface area (Å²) in [6.07, 6.45) is 15.2. The van der Waals surface area contributed by atoms with Crippen LogP contribution in [0.25, 0.3) is 0 Å². The summed E-state index contributed by atoms with van der Waals surface area (Å²) in [6, 6.07) is 42.7. The van der Waals surface area contributed by atoms with Crippen LogP contribution < -0.4 is 21.2 Å². The molecule has 2 aliphatic rings. The third kappa shape index (κ3) is 9.39. The Bertz CT molecular complexity index is 1290. The quantitative estimate of drug-likeness (QED) is 0.150. The number of aliphatic hydroxyl groups is 2. The van der Waals surface area contributed by atoms with E-state index in [1.165, 1.54) is 38.5 Å². The fourth-order valence-corrected chi connectivity index (χ4v) is 10.4. The Labute approximate surface area is 290 Å². The normalized spacial score (nSPS) is 16.5. The summed E-state index contributed by atoms with van der Waals surface area (Å²) < 4.78 is 0. The molecule has 1 atom stereocenters. The zero-order valence-corrected chi connectivity index (χ0v) is 29.1. The van der Waals surface area contributed by atoms with Gasteiger partial charge >= 0.3 is 0 Å². The molecule has 0 saturated heterocycles. The van der Waals surface area contributed by atoms with Crippen molar-refractivity contribution in [2.24, 2.45) is 0 Å². The van der Waals surface area contributed by atoms with Crippen LogP contribution in [0.4, 0.5) is 0 Å². The third-order valence-electron chi connectivity index (χ3n) is 8.09. The first-order chi connectivity index (χ1) is 22.1. The summed E-state index contributed by atoms with van der Waals surface area (Å²) in [4.78, 5) is 2.06. The molecular formula is C40H41FeNO2P2. The molecule has 2 saturated carbocycles. The van der Waals surface area contributed by atoms with Crippen molar-refractivity contribution in [2.45, 2.75) is 19.0 Å². The summed E-state index contributed by atoms with van der Waals surface area (Å²) in [7, 11) is 0.889. The van der Waals surface area contributed by atoms with Crippen molar-refractivity contribution < 1.29 is 27.3 Å². The van der Waals surface area contributed by atoms with Crippen LogP contribution >= 0.6 is 15.8 Å². The molecule has 0 aliphatic heterocycles. The van der Waals surface area contributed by atoms with Crippen LogP contribution in [0.15, 0.2) is 121 Å². The van der Waals surface area contributed by atoms with E-state index in [-0.39, 0.29) is 42.4 Å². The van der Waals surface area contributed by atoms with Gasteiger partial charge in [-0.15, -0.1) is 0 Å². The predicted molar refractivity (Wildman–Crippen MR) is 193 cm³/mol. The molecule has 0 amide bonds. The Morgan fingerprint density at radius 3 is 1.33 bits per heavy atom. The largest absolute Gasteiger partial charge is 0.395 e. The van der Waals surface area contributed by atoms with Crippen LogP contribution in [0.3, 0.4) is 0 Å². The summed E-state index contributed by atoms with van der Waals surface area (Å²) in [6.45, 7) is 2.03. The topological polar surface area (TPSA) is 43.7 Å². The van der Waals surface area contributed by atoms with Crippen molar-refractivity contribution in [3.8, 4) is 0 Å². The van der Waals surface area contributed by atoms with Gasteiger partial charge in [-0.1, -0.05) is 121 Å². The average Bonchev–Trinajstić information content (AvgIpc) is 3.81. The van der Waals surface area contributed by atoms with Gasteiger partial charge in [0, 0.05) is 40.3 Å². The first kappa shape index (κ1) is 37.0. The summed E-state index contributed by atoms with van der Waals surface area (Å²) in [5, 5.41) is 24.6. The van der Waals surface area contributed by atoms with Gasteiger partial charge in [0.2, 0.25) is 0 Å². The minimum absolute atomic E-state index is 0. The maximum atomic E-state index is 9.58. The van der Waals surface area contributed by atoms with Crippen LogP contribution in [-0.2, 0) is 17.1 Å². The monoisotopic (exact) mass is 685 g/mol. The summed E-state index contributed by atoms with van der Waals surface area (Å²) in [5.74, 6) is 1.25. The van der Waals surface area contributed by atoms with Gasteiger partial charge in [0.25, 0.3) is 0 Å². The number of benzene rings is 4. The van der Waals surface area contributed by atoms with Gasteiger partial charge in [-0.2, -0.15) is 0 Å².